The van der Waals surface area contributed by atoms with Gasteiger partial charge in [-0.2, -0.15) is 17.4 Å². The third-order valence-corrected chi connectivity index (χ3v) is 4.97. The van der Waals surface area contributed by atoms with E-state index in [4.69, 9.17) is 0 Å². The van der Waals surface area contributed by atoms with Gasteiger partial charge in [0.05, 0.1) is 0 Å². The van der Waals surface area contributed by atoms with Gasteiger partial charge in [0, 0.05) is 26.2 Å². The van der Waals surface area contributed by atoms with Crippen LogP contribution < -0.4 is 10.0 Å². The van der Waals surface area contributed by atoms with Crippen LogP contribution in [0.25, 0.3) is 0 Å². The summed E-state index contributed by atoms with van der Waals surface area (Å²) < 4.78 is 28.3. The van der Waals surface area contributed by atoms with Gasteiger partial charge in [0.15, 0.2) is 0 Å². The van der Waals surface area contributed by atoms with E-state index < -0.39 is 10.2 Å². The SMILES string of the molecule is CCCCN(C)S(=O)(=O)NC1CNCCC1C. The van der Waals surface area contributed by atoms with Crippen LogP contribution in [0.5, 0.6) is 0 Å². The standard InChI is InChI=1S/C11H25N3O2S/c1-4-5-8-14(3)17(15,16)13-11-9-12-7-6-10(11)2/h10-13H,4-9H2,1-3H3. The van der Waals surface area contributed by atoms with Crippen molar-refractivity contribution in [2.45, 2.75) is 39.2 Å². The Labute approximate surface area is 105 Å². The highest BCUT2D eigenvalue weighted by Gasteiger charge is 2.27. The predicted molar refractivity (Wildman–Crippen MR) is 70.0 cm³/mol. The van der Waals surface area contributed by atoms with E-state index >= 15 is 0 Å². The van der Waals surface area contributed by atoms with Crippen molar-refractivity contribution in [2.75, 3.05) is 26.7 Å². The quantitative estimate of drug-likeness (QED) is 0.736. The van der Waals surface area contributed by atoms with Gasteiger partial charge in [-0.3, -0.25) is 0 Å². The molecule has 1 rings (SSSR count). The van der Waals surface area contributed by atoms with Gasteiger partial charge in [0.1, 0.15) is 0 Å². The maximum absolute atomic E-state index is 12.0. The average Bonchev–Trinajstić information content (AvgIpc) is 2.28. The molecule has 2 atom stereocenters. The molecular weight excluding hydrogens is 238 g/mol. The van der Waals surface area contributed by atoms with Crippen molar-refractivity contribution in [1.82, 2.24) is 14.3 Å². The number of unbranched alkanes of at least 4 members (excludes halogenated alkanes) is 1. The third kappa shape index (κ3) is 4.54. The zero-order valence-corrected chi connectivity index (χ0v) is 11.9. The molecule has 1 fully saturated rings. The van der Waals surface area contributed by atoms with Gasteiger partial charge in [0.25, 0.3) is 10.2 Å². The van der Waals surface area contributed by atoms with Crippen LogP contribution in [-0.2, 0) is 10.2 Å². The fraction of sp³-hybridized carbons (Fsp3) is 1.00. The first-order valence-electron chi connectivity index (χ1n) is 6.41. The highest BCUT2D eigenvalue weighted by molar-refractivity contribution is 7.87. The summed E-state index contributed by atoms with van der Waals surface area (Å²) in [6, 6.07) is 0.0119. The van der Waals surface area contributed by atoms with E-state index in [0.717, 1.165) is 32.4 Å². The van der Waals surface area contributed by atoms with Crippen LogP contribution in [0.2, 0.25) is 0 Å². The maximum Gasteiger partial charge on any atom is 0.279 e. The van der Waals surface area contributed by atoms with E-state index in [1.54, 1.807) is 7.05 Å². The van der Waals surface area contributed by atoms with Crippen LogP contribution >= 0.6 is 0 Å². The number of piperidine rings is 1. The minimum Gasteiger partial charge on any atom is -0.315 e. The molecule has 0 aliphatic carbocycles. The highest BCUT2D eigenvalue weighted by Crippen LogP contribution is 2.13. The molecule has 2 N–H and O–H groups in total. The summed E-state index contributed by atoms with van der Waals surface area (Å²) in [5.41, 5.74) is 0. The zero-order chi connectivity index (χ0) is 12.9. The van der Waals surface area contributed by atoms with Crippen LogP contribution in [0, 0.1) is 5.92 Å². The van der Waals surface area contributed by atoms with Crippen LogP contribution in [0.3, 0.4) is 0 Å². The van der Waals surface area contributed by atoms with Gasteiger partial charge >= 0.3 is 0 Å². The fourth-order valence-corrected chi connectivity index (χ4v) is 3.18. The second kappa shape index (κ2) is 6.68. The summed E-state index contributed by atoms with van der Waals surface area (Å²) in [4.78, 5) is 0. The molecular formula is C11H25N3O2S. The summed E-state index contributed by atoms with van der Waals surface area (Å²) in [7, 11) is -1.68. The molecule has 6 heteroatoms. The van der Waals surface area contributed by atoms with E-state index in [1.165, 1.54) is 4.31 Å². The first-order chi connectivity index (χ1) is 7.97. The third-order valence-electron chi connectivity index (χ3n) is 3.36. The molecule has 0 aromatic carbocycles. The molecule has 2 unspecified atom stereocenters. The molecule has 1 aliphatic heterocycles. The number of nitrogens with zero attached hydrogens (tertiary/aromatic N) is 1. The summed E-state index contributed by atoms with van der Waals surface area (Å²) in [5, 5.41) is 3.22. The monoisotopic (exact) mass is 263 g/mol. The lowest BCUT2D eigenvalue weighted by molar-refractivity contribution is 0.319. The van der Waals surface area contributed by atoms with Crippen molar-refractivity contribution < 1.29 is 8.42 Å². The minimum absolute atomic E-state index is 0.0119. The Hall–Kier alpha value is -0.170. The molecule has 0 bridgehead atoms. The Morgan fingerprint density at radius 3 is 2.76 bits per heavy atom. The Balaban J connectivity index is 2.52. The lowest BCUT2D eigenvalue weighted by Crippen LogP contribution is -2.53. The smallest absolute Gasteiger partial charge is 0.279 e. The fourth-order valence-electron chi connectivity index (χ4n) is 1.93. The summed E-state index contributed by atoms with van der Waals surface area (Å²) >= 11 is 0. The van der Waals surface area contributed by atoms with E-state index in [-0.39, 0.29) is 6.04 Å². The Morgan fingerprint density at radius 1 is 1.47 bits per heavy atom. The number of hydrogen-bond donors (Lipinski definition) is 2. The summed E-state index contributed by atoms with van der Waals surface area (Å²) in [5.74, 6) is 0.394. The van der Waals surface area contributed by atoms with Gasteiger partial charge in [-0.1, -0.05) is 20.3 Å². The van der Waals surface area contributed by atoms with E-state index in [0.29, 0.717) is 12.5 Å². The molecule has 102 valence electrons. The number of rotatable bonds is 6. The molecule has 0 radical (unpaired) electrons. The van der Waals surface area contributed by atoms with Crippen LogP contribution in [0.15, 0.2) is 0 Å². The molecule has 0 amide bonds. The zero-order valence-electron chi connectivity index (χ0n) is 11.1. The van der Waals surface area contributed by atoms with Crippen molar-refractivity contribution >= 4 is 10.2 Å². The number of nitrogens with one attached hydrogen (secondary N) is 2. The van der Waals surface area contributed by atoms with E-state index in [2.05, 4.69) is 23.9 Å². The lowest BCUT2D eigenvalue weighted by atomic mass is 9.96. The van der Waals surface area contributed by atoms with Gasteiger partial charge < -0.3 is 5.32 Å². The van der Waals surface area contributed by atoms with Gasteiger partial charge in [0.2, 0.25) is 0 Å². The lowest BCUT2D eigenvalue weighted by Gasteiger charge is -2.31. The molecule has 1 aliphatic rings. The molecule has 0 aromatic rings. The molecule has 0 saturated carbocycles. The molecule has 0 spiro atoms. The van der Waals surface area contributed by atoms with Crippen molar-refractivity contribution in [2.24, 2.45) is 5.92 Å². The molecule has 17 heavy (non-hydrogen) atoms. The topological polar surface area (TPSA) is 61.4 Å². The predicted octanol–water partition coefficient (Wildman–Crippen LogP) is 0.551. The highest BCUT2D eigenvalue weighted by atomic mass is 32.2. The van der Waals surface area contributed by atoms with Crippen molar-refractivity contribution in [3.63, 3.8) is 0 Å². The van der Waals surface area contributed by atoms with Crippen LogP contribution in [0.4, 0.5) is 0 Å². The van der Waals surface area contributed by atoms with Crippen molar-refractivity contribution in [3.05, 3.63) is 0 Å². The Bertz CT molecular complexity index is 319. The van der Waals surface area contributed by atoms with E-state index in [1.807, 2.05) is 0 Å². The minimum atomic E-state index is -3.32. The normalized spacial score (nSPS) is 26.4. The van der Waals surface area contributed by atoms with Gasteiger partial charge in [-0.25, -0.2) is 0 Å². The summed E-state index contributed by atoms with van der Waals surface area (Å²) in [6.45, 7) is 6.44. The first-order valence-corrected chi connectivity index (χ1v) is 7.85. The largest absolute Gasteiger partial charge is 0.315 e. The van der Waals surface area contributed by atoms with Crippen molar-refractivity contribution in [3.8, 4) is 0 Å². The Kier molecular flexibility index (Phi) is 5.85. The van der Waals surface area contributed by atoms with Crippen molar-refractivity contribution in [1.29, 1.82) is 0 Å². The molecule has 0 aromatic heterocycles. The first kappa shape index (κ1) is 14.9. The Morgan fingerprint density at radius 2 is 2.18 bits per heavy atom. The maximum atomic E-state index is 12.0. The summed E-state index contributed by atoms with van der Waals surface area (Å²) in [6.07, 6.45) is 2.92. The number of hydrogen-bond acceptors (Lipinski definition) is 3. The second-order valence-corrected chi connectivity index (χ2v) is 6.68. The second-order valence-electron chi connectivity index (χ2n) is 4.87. The van der Waals surface area contributed by atoms with Crippen LogP contribution in [0.1, 0.15) is 33.1 Å². The van der Waals surface area contributed by atoms with Gasteiger partial charge in [-0.05, 0) is 25.3 Å². The molecule has 1 heterocycles. The van der Waals surface area contributed by atoms with E-state index in [9.17, 15) is 8.42 Å². The molecule has 1 saturated heterocycles. The van der Waals surface area contributed by atoms with Crippen LogP contribution in [-0.4, -0.2) is 45.4 Å². The molecule has 5 nitrogen and oxygen atoms in total. The van der Waals surface area contributed by atoms with Gasteiger partial charge in [-0.15, -0.1) is 0 Å². The average molecular weight is 263 g/mol.